The first-order chi connectivity index (χ1) is 12.4. The fraction of sp³-hybridized carbons (Fsp3) is 0.300. The van der Waals surface area contributed by atoms with Crippen molar-refractivity contribution < 1.29 is 14.3 Å². The molecule has 2 aromatic carbocycles. The molecule has 2 aromatic rings. The van der Waals surface area contributed by atoms with Crippen molar-refractivity contribution in [2.24, 2.45) is 0 Å². The number of carbonyl (C=O) groups excluding carboxylic acids is 2. The third-order valence-electron chi connectivity index (χ3n) is 3.87. The molecular formula is C20H25N3O3. The molecule has 0 aliphatic carbocycles. The van der Waals surface area contributed by atoms with Crippen LogP contribution in [-0.4, -0.2) is 37.5 Å². The van der Waals surface area contributed by atoms with Crippen molar-refractivity contribution in [3.05, 3.63) is 59.2 Å². The molecule has 2 rings (SSSR count). The number of para-hydroxylation sites is 1. The van der Waals surface area contributed by atoms with Crippen LogP contribution < -0.4 is 15.4 Å². The van der Waals surface area contributed by atoms with E-state index in [1.54, 1.807) is 19.2 Å². The standard InChI is InChI=1S/C20H25N3O3/c1-14-10-16(11-15(2)19(14)26-4)12-23(3)13-18(24)22-20(25)21-17-8-6-5-7-9-17/h5-11H,12-13H2,1-4H3,(H2,21,22,24,25). The molecule has 0 aliphatic heterocycles. The average molecular weight is 355 g/mol. The molecule has 0 atom stereocenters. The first kappa shape index (κ1) is 19.5. The summed E-state index contributed by atoms with van der Waals surface area (Å²) >= 11 is 0. The van der Waals surface area contributed by atoms with E-state index in [4.69, 9.17) is 4.74 Å². The largest absolute Gasteiger partial charge is 0.496 e. The topological polar surface area (TPSA) is 70.7 Å². The normalized spacial score (nSPS) is 10.5. The zero-order valence-corrected chi connectivity index (χ0v) is 15.6. The van der Waals surface area contributed by atoms with E-state index >= 15 is 0 Å². The van der Waals surface area contributed by atoms with Gasteiger partial charge in [-0.3, -0.25) is 15.0 Å². The van der Waals surface area contributed by atoms with Gasteiger partial charge in [0.25, 0.3) is 0 Å². The lowest BCUT2D eigenvalue weighted by atomic mass is 10.1. The van der Waals surface area contributed by atoms with Gasteiger partial charge in [-0.15, -0.1) is 0 Å². The van der Waals surface area contributed by atoms with E-state index in [1.165, 1.54) is 0 Å². The molecule has 0 radical (unpaired) electrons. The van der Waals surface area contributed by atoms with E-state index in [-0.39, 0.29) is 12.5 Å². The van der Waals surface area contributed by atoms with Crippen molar-refractivity contribution in [3.8, 4) is 5.75 Å². The Bertz CT molecular complexity index is 752. The van der Waals surface area contributed by atoms with Crippen LogP contribution in [0.3, 0.4) is 0 Å². The van der Waals surface area contributed by atoms with Crippen LogP contribution >= 0.6 is 0 Å². The number of urea groups is 1. The maximum atomic E-state index is 12.0. The number of hydrogen-bond acceptors (Lipinski definition) is 4. The predicted octanol–water partition coefficient (Wildman–Crippen LogP) is 3.09. The molecule has 0 bridgehead atoms. The minimum atomic E-state index is -0.536. The van der Waals surface area contributed by atoms with Crippen molar-refractivity contribution >= 4 is 17.6 Å². The molecule has 3 amide bonds. The van der Waals surface area contributed by atoms with Crippen LogP contribution in [0, 0.1) is 13.8 Å². The van der Waals surface area contributed by atoms with Gasteiger partial charge in [0, 0.05) is 12.2 Å². The van der Waals surface area contributed by atoms with Crippen LogP contribution in [-0.2, 0) is 11.3 Å². The Balaban J connectivity index is 1.86. The number of ether oxygens (including phenoxy) is 1. The number of carbonyl (C=O) groups is 2. The number of methoxy groups -OCH3 is 1. The number of benzene rings is 2. The monoisotopic (exact) mass is 355 g/mol. The molecule has 138 valence electrons. The van der Waals surface area contributed by atoms with Crippen LogP contribution in [0.2, 0.25) is 0 Å². The Morgan fingerprint density at radius 3 is 2.27 bits per heavy atom. The quantitative estimate of drug-likeness (QED) is 0.835. The van der Waals surface area contributed by atoms with Crippen LogP contribution in [0.1, 0.15) is 16.7 Å². The molecule has 0 unspecified atom stereocenters. The molecule has 6 heteroatoms. The van der Waals surface area contributed by atoms with Gasteiger partial charge in [0.1, 0.15) is 5.75 Å². The summed E-state index contributed by atoms with van der Waals surface area (Å²) in [6.45, 7) is 4.71. The van der Waals surface area contributed by atoms with Gasteiger partial charge in [-0.25, -0.2) is 4.79 Å². The highest BCUT2D eigenvalue weighted by Gasteiger charge is 2.12. The van der Waals surface area contributed by atoms with Gasteiger partial charge < -0.3 is 10.1 Å². The first-order valence-corrected chi connectivity index (χ1v) is 8.37. The SMILES string of the molecule is COc1c(C)cc(CN(C)CC(=O)NC(=O)Nc2ccccc2)cc1C. The molecule has 0 spiro atoms. The summed E-state index contributed by atoms with van der Waals surface area (Å²) in [7, 11) is 3.50. The molecule has 0 saturated heterocycles. The van der Waals surface area contributed by atoms with Gasteiger partial charge in [0.15, 0.2) is 0 Å². The number of nitrogens with one attached hydrogen (secondary N) is 2. The number of nitrogens with zero attached hydrogens (tertiary/aromatic N) is 1. The van der Waals surface area contributed by atoms with Crippen LogP contribution in [0.5, 0.6) is 5.75 Å². The fourth-order valence-corrected chi connectivity index (χ4v) is 2.92. The van der Waals surface area contributed by atoms with E-state index in [0.29, 0.717) is 12.2 Å². The number of anilines is 1. The number of rotatable bonds is 6. The van der Waals surface area contributed by atoms with E-state index in [2.05, 4.69) is 10.6 Å². The lowest BCUT2D eigenvalue weighted by Crippen LogP contribution is -2.40. The molecular weight excluding hydrogens is 330 g/mol. The molecule has 26 heavy (non-hydrogen) atoms. The third kappa shape index (κ3) is 5.60. The summed E-state index contributed by atoms with van der Waals surface area (Å²) in [5, 5.41) is 4.96. The number of likely N-dealkylation sites (N-methyl/N-ethyl adjacent to an activating group) is 1. The Hall–Kier alpha value is -2.86. The summed E-state index contributed by atoms with van der Waals surface area (Å²) in [5.41, 5.74) is 3.84. The maximum Gasteiger partial charge on any atom is 0.325 e. The smallest absolute Gasteiger partial charge is 0.325 e. The lowest BCUT2D eigenvalue weighted by molar-refractivity contribution is -0.120. The van der Waals surface area contributed by atoms with E-state index in [0.717, 1.165) is 22.4 Å². The third-order valence-corrected chi connectivity index (χ3v) is 3.87. The number of hydrogen-bond donors (Lipinski definition) is 2. The second-order valence-electron chi connectivity index (χ2n) is 6.30. The summed E-state index contributed by atoms with van der Waals surface area (Å²) in [6, 6.07) is 12.5. The van der Waals surface area contributed by atoms with Crippen molar-refractivity contribution in [1.29, 1.82) is 0 Å². The molecule has 0 heterocycles. The Morgan fingerprint density at radius 1 is 1.08 bits per heavy atom. The fourth-order valence-electron chi connectivity index (χ4n) is 2.92. The number of imide groups is 1. The van der Waals surface area contributed by atoms with E-state index in [1.807, 2.05) is 56.1 Å². The number of aryl methyl sites for hydroxylation is 2. The Labute approximate surface area is 154 Å². The van der Waals surface area contributed by atoms with Crippen LogP contribution in [0.4, 0.5) is 10.5 Å². The highest BCUT2D eigenvalue weighted by atomic mass is 16.5. The van der Waals surface area contributed by atoms with E-state index in [9.17, 15) is 9.59 Å². The summed E-state index contributed by atoms with van der Waals surface area (Å²) in [6.07, 6.45) is 0. The van der Waals surface area contributed by atoms with Gasteiger partial charge in [-0.2, -0.15) is 0 Å². The Morgan fingerprint density at radius 2 is 1.69 bits per heavy atom. The van der Waals surface area contributed by atoms with Crippen molar-refractivity contribution in [2.45, 2.75) is 20.4 Å². The first-order valence-electron chi connectivity index (χ1n) is 8.37. The van der Waals surface area contributed by atoms with Crippen molar-refractivity contribution in [1.82, 2.24) is 10.2 Å². The second-order valence-corrected chi connectivity index (χ2v) is 6.30. The zero-order valence-electron chi connectivity index (χ0n) is 15.6. The van der Waals surface area contributed by atoms with Gasteiger partial charge in [0.2, 0.25) is 5.91 Å². The summed E-state index contributed by atoms with van der Waals surface area (Å²) < 4.78 is 5.37. The maximum absolute atomic E-state index is 12.0. The predicted molar refractivity (Wildman–Crippen MR) is 102 cm³/mol. The van der Waals surface area contributed by atoms with Gasteiger partial charge in [-0.1, -0.05) is 30.3 Å². The molecule has 6 nitrogen and oxygen atoms in total. The molecule has 0 aliphatic rings. The molecule has 0 fully saturated rings. The average Bonchev–Trinajstić information content (AvgIpc) is 2.54. The van der Waals surface area contributed by atoms with Gasteiger partial charge in [0.05, 0.1) is 13.7 Å². The van der Waals surface area contributed by atoms with E-state index < -0.39 is 6.03 Å². The minimum Gasteiger partial charge on any atom is -0.496 e. The second kappa shape index (κ2) is 9.01. The highest BCUT2D eigenvalue weighted by Crippen LogP contribution is 2.24. The minimum absolute atomic E-state index is 0.117. The van der Waals surface area contributed by atoms with Crippen molar-refractivity contribution in [3.63, 3.8) is 0 Å². The summed E-state index contributed by atoms with van der Waals surface area (Å²) in [4.78, 5) is 25.7. The molecule has 0 saturated carbocycles. The van der Waals surface area contributed by atoms with Gasteiger partial charge in [-0.05, 0) is 49.7 Å². The summed E-state index contributed by atoms with van der Waals surface area (Å²) in [5.74, 6) is 0.523. The van der Waals surface area contributed by atoms with Crippen molar-refractivity contribution in [2.75, 3.05) is 26.0 Å². The molecule has 2 N–H and O–H groups in total. The molecule has 0 aromatic heterocycles. The van der Waals surface area contributed by atoms with Gasteiger partial charge >= 0.3 is 6.03 Å². The van der Waals surface area contributed by atoms with Crippen LogP contribution in [0.25, 0.3) is 0 Å². The Kier molecular flexibility index (Phi) is 6.74. The zero-order chi connectivity index (χ0) is 19.1. The lowest BCUT2D eigenvalue weighted by Gasteiger charge is -2.18. The number of amides is 3. The van der Waals surface area contributed by atoms with Crippen LogP contribution in [0.15, 0.2) is 42.5 Å². The highest BCUT2D eigenvalue weighted by molar-refractivity contribution is 6.01.